The van der Waals surface area contributed by atoms with Gasteiger partial charge in [0.05, 0.1) is 23.8 Å². The fourth-order valence-corrected chi connectivity index (χ4v) is 3.62. The van der Waals surface area contributed by atoms with Crippen LogP contribution in [0.15, 0.2) is 53.4 Å². The molecule has 0 aliphatic carbocycles. The van der Waals surface area contributed by atoms with Crippen LogP contribution in [0.4, 0.5) is 10.9 Å². The van der Waals surface area contributed by atoms with Crippen molar-refractivity contribution in [3.8, 4) is 0 Å². The Bertz CT molecular complexity index is 1020. The Balaban J connectivity index is 1.40. The van der Waals surface area contributed by atoms with Crippen molar-refractivity contribution >= 4 is 49.8 Å². The highest BCUT2D eigenvalue weighted by Crippen LogP contribution is 2.21. The van der Waals surface area contributed by atoms with Crippen LogP contribution in [-0.2, 0) is 13.1 Å². The molecule has 1 aromatic carbocycles. The molecule has 3 aromatic heterocycles. The van der Waals surface area contributed by atoms with Gasteiger partial charge in [0.15, 0.2) is 5.82 Å². The second-order valence-electron chi connectivity index (χ2n) is 5.47. The van der Waals surface area contributed by atoms with Gasteiger partial charge in [0.1, 0.15) is 5.01 Å². The Labute approximate surface area is 166 Å². The molecule has 10 heteroatoms. The first-order valence-electron chi connectivity index (χ1n) is 7.70. The summed E-state index contributed by atoms with van der Waals surface area (Å²) in [5.74, 6) is 0.710. The minimum absolute atomic E-state index is 0.575. The monoisotopic (exact) mass is 449 g/mol. The molecule has 0 unspecified atom stereocenters. The summed E-state index contributed by atoms with van der Waals surface area (Å²) in [4.78, 5) is 0. The molecular weight excluding hydrogens is 438 g/mol. The molecule has 0 aliphatic heterocycles. The van der Waals surface area contributed by atoms with Crippen LogP contribution in [0.1, 0.15) is 10.6 Å². The van der Waals surface area contributed by atoms with E-state index in [0.29, 0.717) is 24.0 Å². The first kappa shape index (κ1) is 17.2. The number of nitrogens with zero attached hydrogens (tertiary/aromatic N) is 6. The number of rotatable bonds is 6. The van der Waals surface area contributed by atoms with Gasteiger partial charge in [0.2, 0.25) is 5.13 Å². The summed E-state index contributed by atoms with van der Waals surface area (Å²) >= 11 is 11.0. The van der Waals surface area contributed by atoms with Crippen LogP contribution < -0.4 is 5.32 Å². The van der Waals surface area contributed by atoms with Gasteiger partial charge in [-0.1, -0.05) is 41.1 Å². The molecule has 26 heavy (non-hydrogen) atoms. The molecule has 0 fully saturated rings. The Morgan fingerprint density at radius 3 is 2.81 bits per heavy atom. The molecule has 4 aromatic rings. The third kappa shape index (κ3) is 4.12. The van der Waals surface area contributed by atoms with Gasteiger partial charge in [-0.25, -0.2) is 0 Å². The average molecular weight is 451 g/mol. The predicted molar refractivity (Wildman–Crippen MR) is 105 cm³/mol. The first-order chi connectivity index (χ1) is 12.7. The van der Waals surface area contributed by atoms with Gasteiger partial charge in [-0.2, -0.15) is 10.2 Å². The summed E-state index contributed by atoms with van der Waals surface area (Å²) in [7, 11) is 0. The van der Waals surface area contributed by atoms with Gasteiger partial charge < -0.3 is 5.32 Å². The third-order valence-electron chi connectivity index (χ3n) is 3.53. The number of benzene rings is 1. The van der Waals surface area contributed by atoms with E-state index in [0.717, 1.165) is 20.1 Å². The summed E-state index contributed by atoms with van der Waals surface area (Å²) in [5, 5.41) is 22.5. The molecule has 0 saturated heterocycles. The van der Waals surface area contributed by atoms with E-state index in [9.17, 15) is 0 Å². The Morgan fingerprint density at radius 1 is 1.12 bits per heavy atom. The van der Waals surface area contributed by atoms with Crippen LogP contribution in [0.5, 0.6) is 0 Å². The maximum absolute atomic E-state index is 6.20. The number of hydrogen-bond acceptors (Lipinski definition) is 6. The SMILES string of the molecule is Clc1ccccc1Cn1ccc(Nc2nnc(Cn3cc(Br)cn3)s2)n1. The number of aromatic nitrogens is 6. The van der Waals surface area contributed by atoms with Gasteiger partial charge in [0, 0.05) is 23.5 Å². The summed E-state index contributed by atoms with van der Waals surface area (Å²) in [6.45, 7) is 1.18. The highest BCUT2D eigenvalue weighted by Gasteiger charge is 2.08. The second kappa shape index (κ2) is 7.56. The largest absolute Gasteiger partial charge is 0.313 e. The van der Waals surface area contributed by atoms with Crippen LogP contribution in [0.2, 0.25) is 5.02 Å². The topological polar surface area (TPSA) is 73.5 Å². The van der Waals surface area contributed by atoms with E-state index in [4.69, 9.17) is 11.6 Å². The van der Waals surface area contributed by atoms with Gasteiger partial charge in [-0.3, -0.25) is 9.36 Å². The molecule has 0 atom stereocenters. The first-order valence-corrected chi connectivity index (χ1v) is 9.69. The zero-order chi connectivity index (χ0) is 17.9. The normalized spacial score (nSPS) is 11.0. The molecular formula is C16H13BrClN7S. The van der Waals surface area contributed by atoms with Crippen molar-refractivity contribution in [1.82, 2.24) is 29.8 Å². The zero-order valence-electron chi connectivity index (χ0n) is 13.4. The lowest BCUT2D eigenvalue weighted by Gasteiger charge is -2.04. The molecule has 0 bridgehead atoms. The van der Waals surface area contributed by atoms with Crippen molar-refractivity contribution in [3.05, 3.63) is 69.0 Å². The van der Waals surface area contributed by atoms with Gasteiger partial charge >= 0.3 is 0 Å². The maximum atomic E-state index is 6.20. The molecule has 132 valence electrons. The van der Waals surface area contributed by atoms with Crippen molar-refractivity contribution in [3.63, 3.8) is 0 Å². The van der Waals surface area contributed by atoms with Crippen molar-refractivity contribution in [1.29, 1.82) is 0 Å². The standard InChI is InChI=1S/C16H13BrClN7S/c17-12-7-19-25(9-12)10-15-21-22-16(26-15)20-14-5-6-24(23-14)8-11-3-1-2-4-13(11)18/h1-7,9H,8,10H2,(H,20,22,23). The minimum atomic E-state index is 0.575. The maximum Gasteiger partial charge on any atom is 0.211 e. The molecule has 0 aliphatic rings. The van der Waals surface area contributed by atoms with E-state index < -0.39 is 0 Å². The molecule has 4 rings (SSSR count). The van der Waals surface area contributed by atoms with E-state index in [2.05, 4.69) is 41.6 Å². The van der Waals surface area contributed by atoms with Gasteiger partial charge in [-0.15, -0.1) is 10.2 Å². The number of halogens is 2. The Morgan fingerprint density at radius 2 is 2.00 bits per heavy atom. The molecule has 3 heterocycles. The van der Waals surface area contributed by atoms with Crippen molar-refractivity contribution in [2.75, 3.05) is 5.32 Å². The molecule has 0 radical (unpaired) electrons. The fraction of sp³-hybridized carbons (Fsp3) is 0.125. The van der Waals surface area contributed by atoms with Crippen LogP contribution in [-0.4, -0.2) is 29.8 Å². The molecule has 7 nitrogen and oxygen atoms in total. The molecule has 0 amide bonds. The van der Waals surface area contributed by atoms with E-state index in [1.807, 2.05) is 47.4 Å². The third-order valence-corrected chi connectivity index (χ3v) is 5.13. The lowest BCUT2D eigenvalue weighted by atomic mass is 10.2. The predicted octanol–water partition coefficient (Wildman–Crippen LogP) is 4.19. The smallest absolute Gasteiger partial charge is 0.211 e. The Hall–Kier alpha value is -2.23. The molecule has 1 N–H and O–H groups in total. The summed E-state index contributed by atoms with van der Waals surface area (Å²) in [5.41, 5.74) is 1.02. The van der Waals surface area contributed by atoms with Gasteiger partial charge in [0.25, 0.3) is 0 Å². The lowest BCUT2D eigenvalue weighted by Crippen LogP contribution is -2.01. The highest BCUT2D eigenvalue weighted by atomic mass is 79.9. The summed E-state index contributed by atoms with van der Waals surface area (Å²) in [6.07, 6.45) is 5.53. The fourth-order valence-electron chi connectivity index (χ4n) is 2.36. The molecule has 0 saturated carbocycles. The zero-order valence-corrected chi connectivity index (χ0v) is 16.5. The molecule has 0 spiro atoms. The Kier molecular flexibility index (Phi) is 5.00. The van der Waals surface area contributed by atoms with Crippen LogP contribution in [0.25, 0.3) is 0 Å². The van der Waals surface area contributed by atoms with Gasteiger partial charge in [-0.05, 0) is 27.6 Å². The lowest BCUT2D eigenvalue weighted by molar-refractivity contribution is 0.677. The van der Waals surface area contributed by atoms with E-state index >= 15 is 0 Å². The number of hydrogen-bond donors (Lipinski definition) is 1. The van der Waals surface area contributed by atoms with Crippen LogP contribution in [0.3, 0.4) is 0 Å². The van der Waals surface area contributed by atoms with E-state index in [1.165, 1.54) is 11.3 Å². The number of anilines is 2. The van der Waals surface area contributed by atoms with Crippen molar-refractivity contribution < 1.29 is 0 Å². The second-order valence-corrected chi connectivity index (χ2v) is 7.86. The van der Waals surface area contributed by atoms with Crippen molar-refractivity contribution in [2.24, 2.45) is 0 Å². The van der Waals surface area contributed by atoms with Crippen LogP contribution in [0, 0.1) is 0 Å². The summed E-state index contributed by atoms with van der Waals surface area (Å²) in [6, 6.07) is 9.63. The quantitative estimate of drug-likeness (QED) is 0.477. The number of nitrogens with one attached hydrogen (secondary N) is 1. The van der Waals surface area contributed by atoms with Crippen molar-refractivity contribution in [2.45, 2.75) is 13.1 Å². The highest BCUT2D eigenvalue weighted by molar-refractivity contribution is 9.10. The summed E-state index contributed by atoms with van der Waals surface area (Å²) < 4.78 is 4.56. The van der Waals surface area contributed by atoms with E-state index in [-0.39, 0.29) is 0 Å². The van der Waals surface area contributed by atoms with Crippen LogP contribution >= 0.6 is 38.9 Å². The average Bonchev–Trinajstić information content (AvgIpc) is 3.34. The minimum Gasteiger partial charge on any atom is -0.313 e. The van der Waals surface area contributed by atoms with E-state index in [1.54, 1.807) is 10.9 Å².